The number of nitrogens with two attached hydrogens (primary N) is 1. The fraction of sp³-hybridized carbons (Fsp3) is 0.400. The number of hydrogen-bond acceptors (Lipinski definition) is 5. The van der Waals surface area contributed by atoms with Gasteiger partial charge in [0.05, 0.1) is 9.82 Å². The normalized spacial score (nSPS) is 13.2. The maximum atomic E-state index is 11.8. The summed E-state index contributed by atoms with van der Waals surface area (Å²) in [5.41, 5.74) is 5.36. The smallest absolute Gasteiger partial charge is 0.269 e. The van der Waals surface area contributed by atoms with E-state index in [4.69, 9.17) is 5.73 Å². The Labute approximate surface area is 105 Å². The summed E-state index contributed by atoms with van der Waals surface area (Å²) in [4.78, 5) is 9.85. The molecule has 1 aromatic carbocycles. The lowest BCUT2D eigenvalue weighted by molar-refractivity contribution is -0.384. The molecular formula is C10H15N3O4S. The summed E-state index contributed by atoms with van der Waals surface area (Å²) in [5, 5.41) is 10.4. The van der Waals surface area contributed by atoms with Crippen LogP contribution in [0.4, 0.5) is 5.69 Å². The molecule has 1 atom stereocenters. The van der Waals surface area contributed by atoms with Crippen molar-refractivity contribution in [2.75, 3.05) is 6.54 Å². The Kier molecular flexibility index (Phi) is 4.76. The molecule has 0 saturated carbocycles. The van der Waals surface area contributed by atoms with Crippen molar-refractivity contribution in [3.8, 4) is 0 Å². The average Bonchev–Trinajstić information content (AvgIpc) is 2.28. The molecule has 0 heterocycles. The van der Waals surface area contributed by atoms with E-state index in [1.54, 1.807) is 6.92 Å². The quantitative estimate of drug-likeness (QED) is 0.582. The molecule has 0 aliphatic rings. The third kappa shape index (κ3) is 4.06. The largest absolute Gasteiger partial charge is 0.328 e. The Bertz CT molecular complexity index is 510. The van der Waals surface area contributed by atoms with Crippen LogP contribution in [0, 0.1) is 10.1 Å². The van der Waals surface area contributed by atoms with E-state index in [1.165, 1.54) is 12.1 Å². The number of hydrogen-bond donors (Lipinski definition) is 2. The first-order valence-electron chi connectivity index (χ1n) is 5.32. The van der Waals surface area contributed by atoms with Crippen molar-refractivity contribution in [3.63, 3.8) is 0 Å². The van der Waals surface area contributed by atoms with Crippen LogP contribution in [0.3, 0.4) is 0 Å². The highest BCUT2D eigenvalue weighted by atomic mass is 32.2. The topological polar surface area (TPSA) is 115 Å². The van der Waals surface area contributed by atoms with Gasteiger partial charge in [-0.2, -0.15) is 0 Å². The first kappa shape index (κ1) is 14.6. The van der Waals surface area contributed by atoms with Crippen LogP contribution in [0.1, 0.15) is 13.3 Å². The van der Waals surface area contributed by atoms with Crippen LogP contribution in [-0.4, -0.2) is 25.9 Å². The van der Waals surface area contributed by atoms with Crippen molar-refractivity contribution in [1.29, 1.82) is 0 Å². The van der Waals surface area contributed by atoms with Crippen LogP contribution >= 0.6 is 0 Å². The van der Waals surface area contributed by atoms with Gasteiger partial charge in [0.25, 0.3) is 5.69 Å². The molecule has 7 nitrogen and oxygen atoms in total. The maximum Gasteiger partial charge on any atom is 0.269 e. The van der Waals surface area contributed by atoms with E-state index < -0.39 is 14.9 Å². The van der Waals surface area contributed by atoms with E-state index in [0.29, 0.717) is 6.42 Å². The number of benzene rings is 1. The lowest BCUT2D eigenvalue weighted by Crippen LogP contribution is -2.29. The summed E-state index contributed by atoms with van der Waals surface area (Å²) < 4.78 is 25.9. The van der Waals surface area contributed by atoms with Crippen molar-refractivity contribution >= 4 is 15.7 Å². The SMILES string of the molecule is C[C@H](N)CCNS(=O)(=O)c1ccc([N+](=O)[O-])cc1. The van der Waals surface area contributed by atoms with E-state index in [2.05, 4.69) is 4.72 Å². The molecular weight excluding hydrogens is 258 g/mol. The molecule has 0 aromatic heterocycles. The van der Waals surface area contributed by atoms with Crippen molar-refractivity contribution in [2.24, 2.45) is 5.73 Å². The minimum atomic E-state index is -3.63. The van der Waals surface area contributed by atoms with Crippen LogP contribution in [0.5, 0.6) is 0 Å². The van der Waals surface area contributed by atoms with Gasteiger partial charge in [-0.05, 0) is 25.5 Å². The Hall–Kier alpha value is -1.51. The molecule has 18 heavy (non-hydrogen) atoms. The summed E-state index contributed by atoms with van der Waals surface area (Å²) in [6.07, 6.45) is 0.520. The second kappa shape index (κ2) is 5.89. The number of nitrogens with one attached hydrogen (secondary N) is 1. The third-order valence-corrected chi connectivity index (χ3v) is 3.73. The van der Waals surface area contributed by atoms with E-state index in [-0.39, 0.29) is 23.2 Å². The van der Waals surface area contributed by atoms with E-state index in [0.717, 1.165) is 12.1 Å². The number of nitro benzene ring substituents is 1. The van der Waals surface area contributed by atoms with Crippen LogP contribution in [0.25, 0.3) is 0 Å². The molecule has 8 heteroatoms. The highest BCUT2D eigenvalue weighted by Gasteiger charge is 2.15. The summed E-state index contributed by atoms with van der Waals surface area (Å²) >= 11 is 0. The second-order valence-electron chi connectivity index (χ2n) is 3.91. The molecule has 100 valence electrons. The molecule has 0 amide bonds. The lowest BCUT2D eigenvalue weighted by Gasteiger charge is -2.08. The van der Waals surface area contributed by atoms with Crippen LogP contribution < -0.4 is 10.5 Å². The fourth-order valence-corrected chi connectivity index (χ4v) is 2.30. The highest BCUT2D eigenvalue weighted by Crippen LogP contribution is 2.15. The van der Waals surface area contributed by atoms with Gasteiger partial charge in [-0.25, -0.2) is 13.1 Å². The Morgan fingerprint density at radius 2 is 1.94 bits per heavy atom. The summed E-state index contributed by atoms with van der Waals surface area (Å²) in [6.45, 7) is 2.01. The zero-order valence-corrected chi connectivity index (χ0v) is 10.7. The first-order chi connectivity index (χ1) is 8.33. The van der Waals surface area contributed by atoms with Crippen LogP contribution in [0.15, 0.2) is 29.2 Å². The molecule has 0 unspecified atom stereocenters. The maximum absolute atomic E-state index is 11.8. The highest BCUT2D eigenvalue weighted by molar-refractivity contribution is 7.89. The number of nitrogens with zero attached hydrogens (tertiary/aromatic N) is 1. The molecule has 0 spiro atoms. The zero-order chi connectivity index (χ0) is 13.8. The molecule has 0 bridgehead atoms. The predicted octanol–water partition coefficient (Wildman–Crippen LogP) is 0.610. The van der Waals surface area contributed by atoms with Crippen molar-refractivity contribution in [2.45, 2.75) is 24.3 Å². The van der Waals surface area contributed by atoms with Gasteiger partial charge in [0, 0.05) is 24.7 Å². The van der Waals surface area contributed by atoms with Gasteiger partial charge >= 0.3 is 0 Å². The summed E-state index contributed by atoms with van der Waals surface area (Å²) in [6, 6.07) is 4.61. The molecule has 0 saturated heterocycles. The summed E-state index contributed by atoms with van der Waals surface area (Å²) in [7, 11) is -3.63. The lowest BCUT2D eigenvalue weighted by atomic mass is 10.3. The molecule has 0 aliphatic carbocycles. The van der Waals surface area contributed by atoms with Gasteiger partial charge in [-0.3, -0.25) is 10.1 Å². The van der Waals surface area contributed by atoms with E-state index in [9.17, 15) is 18.5 Å². The Morgan fingerprint density at radius 1 is 1.39 bits per heavy atom. The fourth-order valence-electron chi connectivity index (χ4n) is 1.25. The van der Waals surface area contributed by atoms with Gasteiger partial charge < -0.3 is 5.73 Å². The molecule has 1 aromatic rings. The monoisotopic (exact) mass is 273 g/mol. The Morgan fingerprint density at radius 3 is 2.39 bits per heavy atom. The van der Waals surface area contributed by atoms with Crippen molar-refractivity contribution in [3.05, 3.63) is 34.4 Å². The van der Waals surface area contributed by atoms with Gasteiger partial charge in [0.1, 0.15) is 0 Å². The minimum absolute atomic E-state index is 0.00206. The van der Waals surface area contributed by atoms with Gasteiger partial charge in [-0.15, -0.1) is 0 Å². The number of sulfonamides is 1. The summed E-state index contributed by atoms with van der Waals surface area (Å²) in [5.74, 6) is 0. The van der Waals surface area contributed by atoms with Crippen LogP contribution in [-0.2, 0) is 10.0 Å². The number of nitro groups is 1. The van der Waals surface area contributed by atoms with E-state index in [1.807, 2.05) is 0 Å². The van der Waals surface area contributed by atoms with E-state index >= 15 is 0 Å². The molecule has 0 radical (unpaired) electrons. The number of non-ortho nitro benzene ring substituents is 1. The van der Waals surface area contributed by atoms with Gasteiger partial charge in [0.2, 0.25) is 10.0 Å². The third-order valence-electron chi connectivity index (χ3n) is 2.25. The molecule has 1 rings (SSSR count). The van der Waals surface area contributed by atoms with Crippen molar-refractivity contribution in [1.82, 2.24) is 4.72 Å². The first-order valence-corrected chi connectivity index (χ1v) is 6.81. The Balaban J connectivity index is 2.76. The molecule has 0 aliphatic heterocycles. The molecule has 0 fully saturated rings. The molecule has 3 N–H and O–H groups in total. The van der Waals surface area contributed by atoms with Crippen molar-refractivity contribution < 1.29 is 13.3 Å². The average molecular weight is 273 g/mol. The standard InChI is InChI=1S/C10H15N3O4S/c1-8(11)6-7-12-18(16,17)10-4-2-9(3-5-10)13(14)15/h2-5,8,12H,6-7,11H2,1H3/t8-/m0/s1. The minimum Gasteiger partial charge on any atom is -0.328 e. The zero-order valence-electron chi connectivity index (χ0n) is 9.87. The predicted molar refractivity (Wildman–Crippen MR) is 66.6 cm³/mol. The number of rotatable bonds is 6. The second-order valence-corrected chi connectivity index (χ2v) is 5.68. The van der Waals surface area contributed by atoms with Crippen LogP contribution in [0.2, 0.25) is 0 Å². The van der Waals surface area contributed by atoms with Gasteiger partial charge in [-0.1, -0.05) is 0 Å². The van der Waals surface area contributed by atoms with Gasteiger partial charge in [0.15, 0.2) is 0 Å².